The third-order valence-corrected chi connectivity index (χ3v) is 5.02. The van der Waals surface area contributed by atoms with E-state index in [-0.39, 0.29) is 11.7 Å². The zero-order valence-electron chi connectivity index (χ0n) is 14.7. The summed E-state index contributed by atoms with van der Waals surface area (Å²) in [7, 11) is 0. The molecule has 1 atom stereocenters. The van der Waals surface area contributed by atoms with Crippen molar-refractivity contribution in [3.05, 3.63) is 42.2 Å². The molecule has 4 rings (SSSR count). The fraction of sp³-hybridized carbons (Fsp3) is 0.500. The Hall–Kier alpha value is -2.21. The standard InChI is InChI=1S/C20H23FN2O3/c21-16-3-1-15(2-4-16)18-11-22-19(26-18)7-8-20(24)23(17-5-6-17)12-14-9-10-25-13-14/h1-4,11,14,17H,5-10,12-13H2/t14-/m1/s1. The lowest BCUT2D eigenvalue weighted by Gasteiger charge is -2.25. The lowest BCUT2D eigenvalue weighted by atomic mass is 10.1. The van der Waals surface area contributed by atoms with Crippen LogP contribution in [-0.4, -0.2) is 41.6 Å². The van der Waals surface area contributed by atoms with Crippen molar-refractivity contribution in [3.63, 3.8) is 0 Å². The van der Waals surface area contributed by atoms with Gasteiger partial charge in [-0.25, -0.2) is 9.37 Å². The molecular weight excluding hydrogens is 335 g/mol. The quantitative estimate of drug-likeness (QED) is 0.761. The van der Waals surface area contributed by atoms with Crippen LogP contribution in [0.2, 0.25) is 0 Å². The van der Waals surface area contributed by atoms with Crippen LogP contribution < -0.4 is 0 Å². The van der Waals surface area contributed by atoms with E-state index in [9.17, 15) is 9.18 Å². The van der Waals surface area contributed by atoms with E-state index in [1.807, 2.05) is 4.90 Å². The highest BCUT2D eigenvalue weighted by Gasteiger charge is 2.34. The summed E-state index contributed by atoms with van der Waals surface area (Å²) < 4.78 is 24.2. The molecular formula is C20H23FN2O3. The van der Waals surface area contributed by atoms with Crippen LogP contribution in [0.4, 0.5) is 4.39 Å². The van der Waals surface area contributed by atoms with Crippen LogP contribution in [0.5, 0.6) is 0 Å². The Balaban J connectivity index is 1.34. The summed E-state index contributed by atoms with van der Waals surface area (Å²) in [5.41, 5.74) is 0.775. The van der Waals surface area contributed by atoms with E-state index in [1.54, 1.807) is 18.3 Å². The number of aryl methyl sites for hydroxylation is 1. The Morgan fingerprint density at radius 3 is 2.73 bits per heavy atom. The number of amides is 1. The highest BCUT2D eigenvalue weighted by atomic mass is 19.1. The Bertz CT molecular complexity index is 749. The first kappa shape index (κ1) is 17.2. The number of nitrogens with zero attached hydrogens (tertiary/aromatic N) is 2. The second-order valence-corrected chi connectivity index (χ2v) is 7.13. The summed E-state index contributed by atoms with van der Waals surface area (Å²) in [6.45, 7) is 2.37. The summed E-state index contributed by atoms with van der Waals surface area (Å²) in [6, 6.07) is 6.50. The molecule has 1 amide bonds. The monoisotopic (exact) mass is 358 g/mol. The fourth-order valence-electron chi connectivity index (χ4n) is 3.38. The Morgan fingerprint density at radius 2 is 2.04 bits per heavy atom. The molecule has 138 valence electrons. The van der Waals surface area contributed by atoms with Gasteiger partial charge in [-0.05, 0) is 43.5 Å². The molecule has 1 saturated heterocycles. The molecule has 1 aromatic heterocycles. The second kappa shape index (κ2) is 7.58. The smallest absolute Gasteiger partial charge is 0.223 e. The van der Waals surface area contributed by atoms with Crippen molar-refractivity contribution in [2.75, 3.05) is 19.8 Å². The normalized spacial score (nSPS) is 19.7. The molecule has 2 heterocycles. The molecule has 1 aliphatic carbocycles. The minimum absolute atomic E-state index is 0.168. The number of carbonyl (C=O) groups excluding carboxylic acids is 1. The Morgan fingerprint density at radius 1 is 1.23 bits per heavy atom. The van der Waals surface area contributed by atoms with Crippen molar-refractivity contribution in [3.8, 4) is 11.3 Å². The number of carbonyl (C=O) groups is 1. The van der Waals surface area contributed by atoms with Gasteiger partial charge in [0.1, 0.15) is 5.82 Å². The van der Waals surface area contributed by atoms with E-state index in [1.165, 1.54) is 12.1 Å². The first-order valence-corrected chi connectivity index (χ1v) is 9.27. The molecule has 1 aromatic carbocycles. The van der Waals surface area contributed by atoms with Crippen molar-refractivity contribution in [2.24, 2.45) is 5.92 Å². The van der Waals surface area contributed by atoms with E-state index in [2.05, 4.69) is 4.98 Å². The van der Waals surface area contributed by atoms with Crippen LogP contribution in [0.25, 0.3) is 11.3 Å². The molecule has 2 aliphatic rings. The van der Waals surface area contributed by atoms with Crippen molar-refractivity contribution < 1.29 is 18.3 Å². The molecule has 26 heavy (non-hydrogen) atoms. The third-order valence-electron chi connectivity index (χ3n) is 5.02. The molecule has 2 aromatic rings. The number of hydrogen-bond donors (Lipinski definition) is 0. The lowest BCUT2D eigenvalue weighted by molar-refractivity contribution is -0.132. The largest absolute Gasteiger partial charge is 0.441 e. The summed E-state index contributed by atoms with van der Waals surface area (Å²) in [4.78, 5) is 19.0. The van der Waals surface area contributed by atoms with Gasteiger partial charge in [0.05, 0.1) is 12.8 Å². The lowest BCUT2D eigenvalue weighted by Crippen LogP contribution is -2.37. The minimum Gasteiger partial charge on any atom is -0.441 e. The minimum atomic E-state index is -0.285. The van der Waals surface area contributed by atoms with Gasteiger partial charge >= 0.3 is 0 Å². The molecule has 0 N–H and O–H groups in total. The van der Waals surface area contributed by atoms with E-state index < -0.39 is 0 Å². The van der Waals surface area contributed by atoms with Crippen LogP contribution in [-0.2, 0) is 16.0 Å². The number of ether oxygens (including phenoxy) is 1. The van der Waals surface area contributed by atoms with Gasteiger partial charge < -0.3 is 14.1 Å². The number of hydrogen-bond acceptors (Lipinski definition) is 4. The summed E-state index contributed by atoms with van der Waals surface area (Å²) >= 11 is 0. The average molecular weight is 358 g/mol. The van der Waals surface area contributed by atoms with Gasteiger partial charge in [-0.15, -0.1) is 0 Å². The molecule has 6 heteroatoms. The highest BCUT2D eigenvalue weighted by Crippen LogP contribution is 2.30. The van der Waals surface area contributed by atoms with Crippen LogP contribution in [0.1, 0.15) is 31.6 Å². The zero-order chi connectivity index (χ0) is 17.9. The summed E-state index contributed by atoms with van der Waals surface area (Å²) in [5.74, 6) is 1.48. The third kappa shape index (κ3) is 4.12. The number of oxazole rings is 1. The maximum Gasteiger partial charge on any atom is 0.223 e. The molecule has 0 unspecified atom stereocenters. The van der Waals surface area contributed by atoms with Crippen molar-refractivity contribution >= 4 is 5.91 Å². The van der Waals surface area contributed by atoms with Crippen LogP contribution in [0.3, 0.4) is 0 Å². The molecule has 1 saturated carbocycles. The average Bonchev–Trinajstić information content (AvgIpc) is 3.16. The van der Waals surface area contributed by atoms with Gasteiger partial charge in [0.2, 0.25) is 5.91 Å². The highest BCUT2D eigenvalue weighted by molar-refractivity contribution is 5.77. The van der Waals surface area contributed by atoms with E-state index >= 15 is 0 Å². The van der Waals surface area contributed by atoms with Gasteiger partial charge in [-0.1, -0.05) is 0 Å². The SMILES string of the molecule is O=C(CCc1ncc(-c2ccc(F)cc2)o1)N(C[C@H]1CCOC1)C1CC1. The van der Waals surface area contributed by atoms with E-state index in [0.29, 0.717) is 36.5 Å². The summed E-state index contributed by atoms with van der Waals surface area (Å²) in [5, 5.41) is 0. The number of halogens is 1. The Kier molecular flexibility index (Phi) is 5.02. The van der Waals surface area contributed by atoms with Crippen LogP contribution in [0.15, 0.2) is 34.9 Å². The number of rotatable bonds is 7. The van der Waals surface area contributed by atoms with Gasteiger partial charge in [0.15, 0.2) is 11.7 Å². The molecule has 5 nitrogen and oxygen atoms in total. The van der Waals surface area contributed by atoms with E-state index in [4.69, 9.17) is 9.15 Å². The van der Waals surface area contributed by atoms with Gasteiger partial charge in [0.25, 0.3) is 0 Å². The number of benzene rings is 1. The van der Waals surface area contributed by atoms with Crippen molar-refractivity contribution in [2.45, 2.75) is 38.1 Å². The maximum absolute atomic E-state index is 13.0. The predicted molar refractivity (Wildman–Crippen MR) is 93.9 cm³/mol. The second-order valence-electron chi connectivity index (χ2n) is 7.13. The van der Waals surface area contributed by atoms with Crippen LogP contribution >= 0.6 is 0 Å². The number of aromatic nitrogens is 1. The first-order valence-electron chi connectivity index (χ1n) is 9.27. The van der Waals surface area contributed by atoms with Crippen LogP contribution in [0, 0.1) is 11.7 Å². The fourth-order valence-corrected chi connectivity index (χ4v) is 3.38. The zero-order valence-corrected chi connectivity index (χ0v) is 14.7. The topological polar surface area (TPSA) is 55.6 Å². The molecule has 1 aliphatic heterocycles. The molecule has 0 spiro atoms. The maximum atomic E-state index is 13.0. The summed E-state index contributed by atoms with van der Waals surface area (Å²) in [6.07, 6.45) is 5.75. The molecule has 0 radical (unpaired) electrons. The van der Waals surface area contributed by atoms with Crippen molar-refractivity contribution in [1.82, 2.24) is 9.88 Å². The van der Waals surface area contributed by atoms with Gasteiger partial charge in [-0.3, -0.25) is 4.79 Å². The molecule has 0 bridgehead atoms. The Labute approximate surface area is 152 Å². The molecule has 2 fully saturated rings. The predicted octanol–water partition coefficient (Wildman–Crippen LogP) is 3.44. The first-order chi connectivity index (χ1) is 12.7. The van der Waals surface area contributed by atoms with Gasteiger partial charge in [0, 0.05) is 43.5 Å². The van der Waals surface area contributed by atoms with Crippen molar-refractivity contribution in [1.29, 1.82) is 0 Å². The van der Waals surface area contributed by atoms with E-state index in [0.717, 1.165) is 44.6 Å². The van der Waals surface area contributed by atoms with Gasteiger partial charge in [-0.2, -0.15) is 0 Å².